The Labute approximate surface area is 137 Å². The Morgan fingerprint density at radius 2 is 1.82 bits per heavy atom. The Morgan fingerprint density at radius 1 is 1.00 bits per heavy atom. The predicted molar refractivity (Wildman–Crippen MR) is 94.1 cm³/mol. The molecule has 1 heterocycles. The molecular weight excluding hydrogens is 336 g/mol. The lowest BCUT2D eigenvalue weighted by Crippen LogP contribution is -1.99. The van der Waals surface area contributed by atoms with Crippen LogP contribution < -0.4 is 0 Å². The van der Waals surface area contributed by atoms with Crippen LogP contribution in [0.1, 0.15) is 0 Å². The molecule has 1 aromatic heterocycles. The summed E-state index contributed by atoms with van der Waals surface area (Å²) < 4.78 is 3.25. The SMILES string of the molecule is Brc1ccc(-c2nc3ccccc3n2C2=CC=[C+]C=C2)cc1. The molecule has 3 aromatic rings. The van der Waals surface area contributed by atoms with Crippen molar-refractivity contribution in [1.29, 1.82) is 0 Å². The van der Waals surface area contributed by atoms with Crippen molar-refractivity contribution in [2.75, 3.05) is 0 Å². The van der Waals surface area contributed by atoms with Gasteiger partial charge in [0.15, 0.2) is 5.70 Å². The van der Waals surface area contributed by atoms with Gasteiger partial charge in [-0.15, -0.1) is 0 Å². The number of hydrogen-bond acceptors (Lipinski definition) is 1. The number of halogens is 1. The van der Waals surface area contributed by atoms with E-state index in [1.54, 1.807) is 0 Å². The van der Waals surface area contributed by atoms with E-state index < -0.39 is 0 Å². The van der Waals surface area contributed by atoms with Gasteiger partial charge in [0.05, 0.1) is 23.2 Å². The fraction of sp³-hybridized carbons (Fsp3) is 0. The average molecular weight is 348 g/mol. The molecule has 0 amide bonds. The molecule has 0 bridgehead atoms. The van der Waals surface area contributed by atoms with Crippen LogP contribution >= 0.6 is 15.9 Å². The third-order valence-electron chi connectivity index (χ3n) is 3.62. The number of rotatable bonds is 2. The molecule has 0 atom stereocenters. The minimum absolute atomic E-state index is 0.944. The van der Waals surface area contributed by atoms with Crippen molar-refractivity contribution < 1.29 is 0 Å². The first-order chi connectivity index (χ1) is 10.8. The number of fused-ring (bicyclic) bond motifs is 1. The van der Waals surface area contributed by atoms with Gasteiger partial charge in [-0.3, -0.25) is 4.57 Å². The molecule has 0 unspecified atom stereocenters. The smallest absolute Gasteiger partial charge is 0.161 e. The molecule has 1 aliphatic rings. The van der Waals surface area contributed by atoms with Gasteiger partial charge in [0.25, 0.3) is 0 Å². The summed E-state index contributed by atoms with van der Waals surface area (Å²) in [5.74, 6) is 0.944. The van der Waals surface area contributed by atoms with Crippen LogP contribution in [0.4, 0.5) is 0 Å². The van der Waals surface area contributed by atoms with Crippen molar-refractivity contribution in [3.63, 3.8) is 0 Å². The number of aromatic nitrogens is 2. The van der Waals surface area contributed by atoms with Gasteiger partial charge in [-0.05, 0) is 24.3 Å². The standard InChI is InChI=1S/C19H12BrN2/c20-15-12-10-14(11-13-15)19-21-17-8-4-5-9-18(17)22(19)16-6-2-1-3-7-16/h2-13H/q+1. The van der Waals surface area contributed by atoms with Crippen LogP contribution in [0.15, 0.2) is 77.3 Å². The second kappa shape index (κ2) is 5.38. The summed E-state index contributed by atoms with van der Waals surface area (Å²) in [5.41, 5.74) is 4.28. The van der Waals surface area contributed by atoms with E-state index in [1.165, 1.54) is 0 Å². The molecular formula is C19H12BrN2+. The van der Waals surface area contributed by atoms with E-state index in [0.717, 1.165) is 32.6 Å². The second-order valence-electron chi connectivity index (χ2n) is 5.02. The maximum Gasteiger partial charge on any atom is 0.161 e. The lowest BCUT2D eigenvalue weighted by atomic mass is 10.2. The molecule has 0 aliphatic heterocycles. The van der Waals surface area contributed by atoms with Crippen LogP contribution in [-0.4, -0.2) is 9.55 Å². The number of imidazole rings is 1. The minimum Gasteiger partial charge on any atom is -0.269 e. The summed E-state index contributed by atoms with van der Waals surface area (Å²) in [6.07, 6.45) is 11.0. The fourth-order valence-electron chi connectivity index (χ4n) is 2.61. The summed E-state index contributed by atoms with van der Waals surface area (Å²) in [4.78, 5) is 4.83. The molecule has 4 rings (SSSR count). The number of nitrogens with zero attached hydrogens (tertiary/aromatic N) is 2. The molecule has 0 radical (unpaired) electrons. The highest BCUT2D eigenvalue weighted by molar-refractivity contribution is 9.10. The molecule has 1 aliphatic carbocycles. The Morgan fingerprint density at radius 3 is 2.59 bits per heavy atom. The third kappa shape index (κ3) is 2.21. The zero-order valence-electron chi connectivity index (χ0n) is 11.7. The third-order valence-corrected chi connectivity index (χ3v) is 4.15. The van der Waals surface area contributed by atoms with Crippen LogP contribution in [0, 0.1) is 6.08 Å². The summed E-state index contributed by atoms with van der Waals surface area (Å²) >= 11 is 3.48. The zero-order valence-corrected chi connectivity index (χ0v) is 13.3. The highest BCUT2D eigenvalue weighted by Crippen LogP contribution is 2.30. The van der Waals surface area contributed by atoms with Gasteiger partial charge in [0.1, 0.15) is 18.0 Å². The molecule has 22 heavy (non-hydrogen) atoms. The van der Waals surface area contributed by atoms with Crippen molar-refractivity contribution in [2.24, 2.45) is 0 Å². The van der Waals surface area contributed by atoms with Crippen molar-refractivity contribution in [1.82, 2.24) is 9.55 Å². The number of benzene rings is 2. The summed E-state index contributed by atoms with van der Waals surface area (Å²) in [5, 5.41) is 0. The monoisotopic (exact) mass is 347 g/mol. The van der Waals surface area contributed by atoms with Crippen molar-refractivity contribution in [3.05, 3.63) is 83.4 Å². The second-order valence-corrected chi connectivity index (χ2v) is 5.94. The van der Waals surface area contributed by atoms with Gasteiger partial charge >= 0.3 is 0 Å². The molecule has 2 nitrogen and oxygen atoms in total. The summed E-state index contributed by atoms with van der Waals surface area (Å²) in [7, 11) is 0. The van der Waals surface area contributed by atoms with Gasteiger partial charge < -0.3 is 0 Å². The first-order valence-electron chi connectivity index (χ1n) is 7.03. The predicted octanol–water partition coefficient (Wildman–Crippen LogP) is 5.24. The molecule has 0 N–H and O–H groups in total. The van der Waals surface area contributed by atoms with Gasteiger partial charge in [0, 0.05) is 16.1 Å². The molecule has 3 heteroatoms. The van der Waals surface area contributed by atoms with E-state index >= 15 is 0 Å². The number of para-hydroxylation sites is 2. The van der Waals surface area contributed by atoms with Gasteiger partial charge in [0.2, 0.25) is 0 Å². The van der Waals surface area contributed by atoms with E-state index in [0.29, 0.717) is 0 Å². The van der Waals surface area contributed by atoms with E-state index in [-0.39, 0.29) is 0 Å². The van der Waals surface area contributed by atoms with Crippen LogP contribution in [0.25, 0.3) is 28.1 Å². The molecule has 104 valence electrons. The van der Waals surface area contributed by atoms with E-state index in [4.69, 9.17) is 4.98 Å². The Kier molecular flexibility index (Phi) is 3.23. The van der Waals surface area contributed by atoms with Crippen molar-refractivity contribution >= 4 is 32.7 Å². The van der Waals surface area contributed by atoms with Crippen molar-refractivity contribution in [3.8, 4) is 11.4 Å². The maximum atomic E-state index is 4.83. The molecule has 0 saturated heterocycles. The zero-order chi connectivity index (χ0) is 14.9. The van der Waals surface area contributed by atoms with Gasteiger partial charge in [-0.2, -0.15) is 0 Å². The number of hydrogen-bond donors (Lipinski definition) is 0. The van der Waals surface area contributed by atoms with E-state index in [2.05, 4.69) is 56.9 Å². The van der Waals surface area contributed by atoms with Crippen LogP contribution in [0.5, 0.6) is 0 Å². The Hall–Kier alpha value is -2.48. The molecule has 0 fully saturated rings. The van der Waals surface area contributed by atoms with E-state index in [1.807, 2.05) is 42.5 Å². The van der Waals surface area contributed by atoms with Crippen LogP contribution in [0.3, 0.4) is 0 Å². The van der Waals surface area contributed by atoms with Gasteiger partial charge in [-0.25, -0.2) is 4.98 Å². The summed E-state index contributed by atoms with van der Waals surface area (Å²) in [6, 6.07) is 16.4. The quantitative estimate of drug-likeness (QED) is 0.580. The van der Waals surface area contributed by atoms with Crippen molar-refractivity contribution in [2.45, 2.75) is 0 Å². The highest BCUT2D eigenvalue weighted by Gasteiger charge is 2.17. The van der Waals surface area contributed by atoms with Crippen LogP contribution in [0.2, 0.25) is 0 Å². The first-order valence-corrected chi connectivity index (χ1v) is 7.82. The Balaban J connectivity index is 2.01. The molecule has 2 aromatic carbocycles. The largest absolute Gasteiger partial charge is 0.269 e. The van der Waals surface area contributed by atoms with Crippen LogP contribution in [-0.2, 0) is 0 Å². The Bertz CT molecular complexity index is 928. The molecule has 0 spiro atoms. The first kappa shape index (κ1) is 13.2. The average Bonchev–Trinajstić information content (AvgIpc) is 2.96. The number of allylic oxidation sites excluding steroid dienone is 6. The highest BCUT2D eigenvalue weighted by atomic mass is 79.9. The topological polar surface area (TPSA) is 17.8 Å². The lowest BCUT2D eigenvalue weighted by molar-refractivity contribution is 1.14. The van der Waals surface area contributed by atoms with Gasteiger partial charge in [-0.1, -0.05) is 40.2 Å². The molecule has 0 saturated carbocycles. The summed E-state index contributed by atoms with van der Waals surface area (Å²) in [6.45, 7) is 0. The maximum absolute atomic E-state index is 4.83. The minimum atomic E-state index is 0.944. The lowest BCUT2D eigenvalue weighted by Gasteiger charge is -2.07. The normalized spacial score (nSPS) is 13.2. The van der Waals surface area contributed by atoms with E-state index in [9.17, 15) is 0 Å². The fourth-order valence-corrected chi connectivity index (χ4v) is 2.87.